The summed E-state index contributed by atoms with van der Waals surface area (Å²) in [7, 11) is 1.58. The topological polar surface area (TPSA) is 58.6 Å². The fraction of sp³-hybridized carbons (Fsp3) is 0.167. The van der Waals surface area contributed by atoms with Crippen molar-refractivity contribution in [3.63, 3.8) is 0 Å². The van der Waals surface area contributed by atoms with Crippen molar-refractivity contribution >= 4 is 12.0 Å². The van der Waals surface area contributed by atoms with E-state index in [-0.39, 0.29) is 0 Å². The van der Waals surface area contributed by atoms with Crippen LogP contribution in [0.3, 0.4) is 0 Å². The summed E-state index contributed by atoms with van der Waals surface area (Å²) in [6.07, 6.45) is 2.47. The molecule has 0 radical (unpaired) electrons. The van der Waals surface area contributed by atoms with Gasteiger partial charge in [0.25, 0.3) is 0 Å². The van der Waals surface area contributed by atoms with E-state index in [2.05, 4.69) is 0 Å². The van der Waals surface area contributed by atoms with Crippen LogP contribution in [0.4, 0.5) is 0 Å². The van der Waals surface area contributed by atoms with Crippen LogP contribution in [0.25, 0.3) is 6.08 Å². The van der Waals surface area contributed by atoms with E-state index in [9.17, 15) is 9.90 Å². The second-order valence-electron chi connectivity index (χ2n) is 4.83. The van der Waals surface area contributed by atoms with Gasteiger partial charge < -0.3 is 19.4 Å². The van der Waals surface area contributed by atoms with Crippen molar-refractivity contribution in [3.8, 4) is 11.5 Å². The predicted octanol–water partition coefficient (Wildman–Crippen LogP) is 2.35. The van der Waals surface area contributed by atoms with Gasteiger partial charge >= 0.3 is 0 Å². The highest BCUT2D eigenvalue weighted by molar-refractivity contribution is 5.83. The van der Waals surface area contributed by atoms with Gasteiger partial charge in [0.2, 0.25) is 0 Å². The van der Waals surface area contributed by atoms with Crippen molar-refractivity contribution in [2.75, 3.05) is 7.11 Å². The van der Waals surface area contributed by atoms with Crippen molar-refractivity contribution in [3.05, 3.63) is 65.2 Å². The van der Waals surface area contributed by atoms with Gasteiger partial charge in [0.05, 0.1) is 13.1 Å². The van der Waals surface area contributed by atoms with E-state index in [1.807, 2.05) is 37.3 Å². The summed E-state index contributed by atoms with van der Waals surface area (Å²) in [6.45, 7) is 2.35. The number of aliphatic carboxylic acids is 1. The van der Waals surface area contributed by atoms with Crippen LogP contribution in [-0.2, 0) is 11.4 Å². The third kappa shape index (κ3) is 4.38. The monoisotopic (exact) mass is 297 g/mol. The Hall–Kier alpha value is -2.75. The molecule has 0 heterocycles. The van der Waals surface area contributed by atoms with Gasteiger partial charge in [-0.1, -0.05) is 29.8 Å². The Bertz CT molecular complexity index is 672. The van der Waals surface area contributed by atoms with Gasteiger partial charge in [0, 0.05) is 5.56 Å². The summed E-state index contributed by atoms with van der Waals surface area (Å²) < 4.78 is 11.0. The maximum atomic E-state index is 10.5. The second kappa shape index (κ2) is 7.31. The minimum absolute atomic E-state index is 0.333. The standard InChI is InChI=1S/C18H18O4/c1-13-3-7-16(8-4-13)22-12-15-11-14(6-10-18(19)20)5-9-17(15)21-2/h3-11H,12H2,1-2H3,(H,19,20)/p-1/b10-6+. The summed E-state index contributed by atoms with van der Waals surface area (Å²) in [4.78, 5) is 10.5. The number of rotatable bonds is 6. The molecule has 4 heteroatoms. The van der Waals surface area contributed by atoms with Gasteiger partial charge in [0.1, 0.15) is 18.1 Å². The van der Waals surface area contributed by atoms with Crippen molar-refractivity contribution < 1.29 is 19.4 Å². The molecule has 114 valence electrons. The molecule has 2 rings (SSSR count). The van der Waals surface area contributed by atoms with E-state index >= 15 is 0 Å². The summed E-state index contributed by atoms with van der Waals surface area (Å²) in [5.74, 6) is 0.231. The third-order valence-corrected chi connectivity index (χ3v) is 3.13. The Morgan fingerprint density at radius 2 is 1.91 bits per heavy atom. The fourth-order valence-corrected chi connectivity index (χ4v) is 1.97. The molecule has 0 unspecified atom stereocenters. The van der Waals surface area contributed by atoms with Crippen LogP contribution in [0.5, 0.6) is 11.5 Å². The summed E-state index contributed by atoms with van der Waals surface area (Å²) >= 11 is 0. The first-order chi connectivity index (χ1) is 10.6. The molecule has 0 aliphatic heterocycles. The lowest BCUT2D eigenvalue weighted by Crippen LogP contribution is -2.18. The molecule has 0 aliphatic carbocycles. The highest BCUT2D eigenvalue weighted by atomic mass is 16.5. The smallest absolute Gasteiger partial charge is 0.125 e. The van der Waals surface area contributed by atoms with Crippen molar-refractivity contribution in [2.45, 2.75) is 13.5 Å². The van der Waals surface area contributed by atoms with Crippen molar-refractivity contribution in [2.24, 2.45) is 0 Å². The SMILES string of the molecule is COc1ccc(/C=C/C(=O)[O-])cc1COc1ccc(C)cc1. The Kier molecular flexibility index (Phi) is 5.20. The van der Waals surface area contributed by atoms with E-state index in [4.69, 9.17) is 9.47 Å². The number of aryl methyl sites for hydroxylation is 1. The summed E-state index contributed by atoms with van der Waals surface area (Å²) in [5.41, 5.74) is 2.75. The number of carboxylic acids is 1. The van der Waals surface area contributed by atoms with Crippen LogP contribution in [0.15, 0.2) is 48.5 Å². The molecule has 0 saturated heterocycles. The molecular formula is C18H17O4-. The molecule has 22 heavy (non-hydrogen) atoms. The van der Waals surface area contributed by atoms with E-state index in [1.165, 1.54) is 11.6 Å². The van der Waals surface area contributed by atoms with Gasteiger partial charge in [-0.15, -0.1) is 0 Å². The van der Waals surface area contributed by atoms with Gasteiger partial charge in [-0.25, -0.2) is 0 Å². The van der Waals surface area contributed by atoms with E-state index < -0.39 is 5.97 Å². The largest absolute Gasteiger partial charge is 0.545 e. The third-order valence-electron chi connectivity index (χ3n) is 3.13. The van der Waals surface area contributed by atoms with Gasteiger partial charge in [-0.05, 0) is 42.8 Å². The molecule has 0 N–H and O–H groups in total. The second-order valence-corrected chi connectivity index (χ2v) is 4.83. The highest BCUT2D eigenvalue weighted by Gasteiger charge is 2.05. The lowest BCUT2D eigenvalue weighted by Gasteiger charge is -2.11. The summed E-state index contributed by atoms with van der Waals surface area (Å²) in [5, 5.41) is 10.5. The molecule has 0 aromatic heterocycles. The van der Waals surface area contributed by atoms with Crippen molar-refractivity contribution in [1.29, 1.82) is 0 Å². The first-order valence-electron chi connectivity index (χ1n) is 6.84. The van der Waals surface area contributed by atoms with E-state index in [1.54, 1.807) is 19.2 Å². The average molecular weight is 297 g/mol. The maximum Gasteiger partial charge on any atom is 0.125 e. The minimum Gasteiger partial charge on any atom is -0.545 e. The number of ether oxygens (including phenoxy) is 2. The number of carbonyl (C=O) groups is 1. The number of carbonyl (C=O) groups excluding carboxylic acids is 1. The zero-order chi connectivity index (χ0) is 15.9. The Labute approximate surface area is 129 Å². The highest BCUT2D eigenvalue weighted by Crippen LogP contribution is 2.23. The molecule has 0 aliphatic rings. The zero-order valence-electron chi connectivity index (χ0n) is 12.5. The average Bonchev–Trinajstić information content (AvgIpc) is 2.52. The molecule has 0 atom stereocenters. The van der Waals surface area contributed by atoms with Crippen LogP contribution in [0.1, 0.15) is 16.7 Å². The fourth-order valence-electron chi connectivity index (χ4n) is 1.97. The molecule has 0 saturated carbocycles. The van der Waals surface area contributed by atoms with Crippen LogP contribution < -0.4 is 14.6 Å². The first kappa shape index (κ1) is 15.6. The zero-order valence-corrected chi connectivity index (χ0v) is 12.5. The number of carboxylic acid groups (broad SMARTS) is 1. The quantitative estimate of drug-likeness (QED) is 0.768. The molecule has 0 bridgehead atoms. The Balaban J connectivity index is 2.15. The lowest BCUT2D eigenvalue weighted by molar-refractivity contribution is -0.297. The van der Waals surface area contributed by atoms with E-state index in [0.29, 0.717) is 12.4 Å². The normalized spacial score (nSPS) is 10.6. The number of benzene rings is 2. The Morgan fingerprint density at radius 1 is 1.18 bits per heavy atom. The van der Waals surface area contributed by atoms with Crippen LogP contribution in [0.2, 0.25) is 0 Å². The molecule has 4 nitrogen and oxygen atoms in total. The number of hydrogen-bond acceptors (Lipinski definition) is 4. The maximum absolute atomic E-state index is 10.5. The predicted molar refractivity (Wildman–Crippen MR) is 82.5 cm³/mol. The van der Waals surface area contributed by atoms with Crippen LogP contribution in [-0.4, -0.2) is 13.1 Å². The summed E-state index contributed by atoms with van der Waals surface area (Å²) in [6, 6.07) is 13.1. The number of hydrogen-bond donors (Lipinski definition) is 0. The molecule has 2 aromatic carbocycles. The van der Waals surface area contributed by atoms with Gasteiger partial charge in [-0.3, -0.25) is 0 Å². The molecule has 2 aromatic rings. The van der Waals surface area contributed by atoms with Crippen LogP contribution in [0, 0.1) is 6.92 Å². The molecular weight excluding hydrogens is 280 g/mol. The number of methoxy groups -OCH3 is 1. The van der Waals surface area contributed by atoms with Crippen LogP contribution >= 0.6 is 0 Å². The first-order valence-corrected chi connectivity index (χ1v) is 6.84. The lowest BCUT2D eigenvalue weighted by atomic mass is 10.1. The van der Waals surface area contributed by atoms with Crippen molar-refractivity contribution in [1.82, 2.24) is 0 Å². The minimum atomic E-state index is -1.23. The van der Waals surface area contributed by atoms with Gasteiger partial charge in [0.15, 0.2) is 0 Å². The molecule has 0 fully saturated rings. The molecule has 0 amide bonds. The van der Waals surface area contributed by atoms with Gasteiger partial charge in [-0.2, -0.15) is 0 Å². The Morgan fingerprint density at radius 3 is 2.55 bits per heavy atom. The molecule has 0 spiro atoms. The van der Waals surface area contributed by atoms with E-state index in [0.717, 1.165) is 23.0 Å².